The van der Waals surface area contributed by atoms with E-state index in [1.54, 1.807) is 0 Å². The second kappa shape index (κ2) is 21.0. The molecule has 476 valence electrons. The lowest BCUT2D eigenvalue weighted by molar-refractivity contribution is -0.451. The summed E-state index contributed by atoms with van der Waals surface area (Å²) in [7, 11) is 0. The molecular formula is C37H14F40N2O4. The Hall–Kier alpha value is -6.34. The summed E-state index contributed by atoms with van der Waals surface area (Å²) >= 11 is 0. The normalized spacial score (nSPS) is 15.8. The van der Waals surface area contributed by atoms with Crippen LogP contribution in [0.5, 0.6) is 11.5 Å². The highest BCUT2D eigenvalue weighted by molar-refractivity contribution is 5.91. The van der Waals surface area contributed by atoms with E-state index in [4.69, 9.17) is 0 Å². The van der Waals surface area contributed by atoms with E-state index in [1.807, 2.05) is 0 Å². The number of allylic oxidation sites excluding steroid dienone is 2. The van der Waals surface area contributed by atoms with Gasteiger partial charge < -0.3 is 20.1 Å². The first-order chi connectivity index (χ1) is 36.1. The van der Waals surface area contributed by atoms with Gasteiger partial charge in [-0.2, -0.15) is 176 Å². The third-order valence-corrected chi connectivity index (χ3v) is 10.2. The van der Waals surface area contributed by atoms with Crippen LogP contribution in [-0.2, 0) is 15.0 Å². The van der Waals surface area contributed by atoms with Crippen molar-refractivity contribution in [3.8, 4) is 11.5 Å². The topological polar surface area (TPSA) is 76.7 Å². The molecule has 2 aromatic carbocycles. The monoisotopic (exact) mass is 1310 g/mol. The van der Waals surface area contributed by atoms with E-state index < -0.39 is 207 Å². The number of alkyl halides is 36. The molecule has 0 heterocycles. The van der Waals surface area contributed by atoms with E-state index in [1.165, 1.54) is 0 Å². The SMILES string of the molecule is CC(=O)Nc1cc(C(c2ccc(OC(F)=C(F)C(F)(F)C(F)(F)C(F)(F)C(F)(F)C(F)(F)C(F)(F)C(F)(F)F)c(NC(C)=O)c2)(C(F)(F)F)C(F)(F)F)ccc1OC(F)=C(F)C(F)(F)C(F)(F)C(F)(F)C(F)(F)C(F)(F)C(F)(F)C(F)(F)F. The standard InChI is InChI=1S/C37H14F40N2O4/c1-9(80)78-13-7-11(3-5-15(13)82-19(40)17(38)22(42,43)24(46,47)26(50,51)28(54,55)30(58,59)32(62,63)36(72,73)74)21(34(66,67)68,35(69,70)71)12-4-6-16(14(8-12)79-10(2)81)83-20(41)18(39)23(44,45)25(48,49)27(52,53)29(56,57)31(60,61)33(64,65)37(75,76)77/h3-8H,1-2H3,(H,78,80)(H,79,81). The van der Waals surface area contributed by atoms with Crippen LogP contribution in [0.3, 0.4) is 0 Å². The molecule has 2 N–H and O–H groups in total. The molecule has 2 amide bonds. The summed E-state index contributed by atoms with van der Waals surface area (Å²) in [5, 5.41) is 1.98. The van der Waals surface area contributed by atoms with Crippen molar-refractivity contribution in [2.75, 3.05) is 10.6 Å². The average molecular weight is 1310 g/mol. The molecule has 0 aliphatic heterocycles. The first-order valence-corrected chi connectivity index (χ1v) is 19.3. The average Bonchev–Trinajstić information content (AvgIpc) is 3.27. The van der Waals surface area contributed by atoms with Crippen LogP contribution in [-0.4, -0.2) is 108 Å². The van der Waals surface area contributed by atoms with Crippen molar-refractivity contribution in [1.82, 2.24) is 0 Å². The maximum absolute atomic E-state index is 15.1. The van der Waals surface area contributed by atoms with Crippen molar-refractivity contribution >= 4 is 23.2 Å². The smallest absolute Gasteiger partial charge is 0.427 e. The molecule has 0 bridgehead atoms. The fourth-order valence-electron chi connectivity index (χ4n) is 6.00. The number of halogens is 40. The van der Waals surface area contributed by atoms with E-state index in [2.05, 4.69) is 9.47 Å². The minimum absolute atomic E-state index is 0.0735. The van der Waals surface area contributed by atoms with E-state index in [0.29, 0.717) is 0 Å². The van der Waals surface area contributed by atoms with Crippen molar-refractivity contribution in [1.29, 1.82) is 0 Å². The van der Waals surface area contributed by atoms with Gasteiger partial charge in [0.15, 0.2) is 11.5 Å². The van der Waals surface area contributed by atoms with Crippen LogP contribution in [0.4, 0.5) is 187 Å². The zero-order chi connectivity index (χ0) is 66.5. The van der Waals surface area contributed by atoms with Gasteiger partial charge in [0.05, 0.1) is 11.4 Å². The molecule has 0 aliphatic carbocycles. The molecule has 2 rings (SSSR count). The molecule has 0 aliphatic rings. The van der Waals surface area contributed by atoms with Gasteiger partial charge in [0.2, 0.25) is 28.9 Å². The Morgan fingerprint density at radius 1 is 0.325 bits per heavy atom. The van der Waals surface area contributed by atoms with Crippen molar-refractivity contribution < 1.29 is 195 Å². The highest BCUT2D eigenvalue weighted by atomic mass is 19.5. The summed E-state index contributed by atoms with van der Waals surface area (Å²) in [6.45, 7) is 0.147. The molecule has 0 saturated carbocycles. The molecule has 83 heavy (non-hydrogen) atoms. The fraction of sp³-hybridized carbons (Fsp3) is 0.514. The molecule has 0 unspecified atom stereocenters. The summed E-state index contributed by atoms with van der Waals surface area (Å²) in [5.74, 6) is -125. The Balaban J connectivity index is 3.03. The summed E-state index contributed by atoms with van der Waals surface area (Å²) in [6, 6.07) is -14.1. The van der Waals surface area contributed by atoms with Crippen molar-refractivity contribution in [2.45, 2.75) is 115 Å². The first-order valence-electron chi connectivity index (χ1n) is 19.3. The quantitative estimate of drug-likeness (QED) is 0.102. The van der Waals surface area contributed by atoms with E-state index in [-0.39, 0.29) is 13.8 Å². The van der Waals surface area contributed by atoms with Crippen LogP contribution in [0.2, 0.25) is 0 Å². The van der Waals surface area contributed by atoms with Crippen LogP contribution in [0, 0.1) is 0 Å². The number of amides is 2. The van der Waals surface area contributed by atoms with Crippen LogP contribution < -0.4 is 20.1 Å². The lowest BCUT2D eigenvalue weighted by atomic mass is 9.72. The van der Waals surface area contributed by atoms with Crippen molar-refractivity contribution in [2.24, 2.45) is 0 Å². The zero-order valence-electron chi connectivity index (χ0n) is 37.7. The van der Waals surface area contributed by atoms with E-state index in [9.17, 15) is 159 Å². The first kappa shape index (κ1) is 72.8. The van der Waals surface area contributed by atoms with Gasteiger partial charge in [-0.15, -0.1) is 0 Å². The number of ether oxygens (including phenoxy) is 2. The minimum Gasteiger partial charge on any atom is -0.427 e. The largest absolute Gasteiger partial charge is 0.460 e. The van der Waals surface area contributed by atoms with Gasteiger partial charge >= 0.3 is 108 Å². The van der Waals surface area contributed by atoms with Crippen LogP contribution in [0.25, 0.3) is 0 Å². The molecule has 0 fully saturated rings. The fourth-order valence-corrected chi connectivity index (χ4v) is 6.00. The Labute approximate surface area is 427 Å². The van der Waals surface area contributed by atoms with Gasteiger partial charge in [0.1, 0.15) is 0 Å². The van der Waals surface area contributed by atoms with Gasteiger partial charge in [0.25, 0.3) is 0 Å². The number of rotatable bonds is 20. The number of carbonyl (C=O) groups is 2. The van der Waals surface area contributed by atoms with Gasteiger partial charge in [0, 0.05) is 13.8 Å². The maximum atomic E-state index is 15.1. The van der Waals surface area contributed by atoms with E-state index >= 15 is 26.3 Å². The molecule has 0 aromatic heterocycles. The second-order valence-corrected chi connectivity index (χ2v) is 15.8. The third kappa shape index (κ3) is 10.9. The third-order valence-electron chi connectivity index (χ3n) is 10.2. The van der Waals surface area contributed by atoms with Crippen LogP contribution in [0.1, 0.15) is 25.0 Å². The number of nitrogens with one attached hydrogen (secondary N) is 2. The number of anilines is 2. The van der Waals surface area contributed by atoms with Gasteiger partial charge in [-0.25, -0.2) is 0 Å². The molecule has 6 nitrogen and oxygen atoms in total. The maximum Gasteiger partial charge on any atom is 0.460 e. The zero-order valence-corrected chi connectivity index (χ0v) is 37.7. The van der Waals surface area contributed by atoms with Gasteiger partial charge in [-0.1, -0.05) is 12.1 Å². The Morgan fingerprint density at radius 3 is 0.747 bits per heavy atom. The summed E-state index contributed by atoms with van der Waals surface area (Å²) in [6.07, 6.45) is -30.8. The summed E-state index contributed by atoms with van der Waals surface area (Å²) < 4.78 is 564. The molecule has 0 saturated heterocycles. The Bertz CT molecular complexity index is 2640. The summed E-state index contributed by atoms with van der Waals surface area (Å²) in [5.41, 5.74) is -16.1. The predicted octanol–water partition coefficient (Wildman–Crippen LogP) is 16.7. The van der Waals surface area contributed by atoms with Crippen molar-refractivity contribution in [3.63, 3.8) is 0 Å². The lowest BCUT2D eigenvalue weighted by Gasteiger charge is -2.41. The van der Waals surface area contributed by atoms with Gasteiger partial charge in [-0.05, 0) is 35.4 Å². The number of hydrogen-bond donors (Lipinski definition) is 2. The molecule has 0 radical (unpaired) electrons. The highest BCUT2D eigenvalue weighted by Gasteiger charge is 2.95. The Morgan fingerprint density at radius 2 is 0.542 bits per heavy atom. The van der Waals surface area contributed by atoms with Crippen LogP contribution >= 0.6 is 0 Å². The molecule has 0 spiro atoms. The molecule has 2 aromatic rings. The molecular weight excluding hydrogens is 1300 g/mol. The lowest BCUT2D eigenvalue weighted by Crippen LogP contribution is -2.72. The minimum atomic E-state index is -9.13. The van der Waals surface area contributed by atoms with Gasteiger partial charge in [-0.3, -0.25) is 9.59 Å². The number of benzene rings is 2. The predicted molar refractivity (Wildman–Crippen MR) is 186 cm³/mol. The van der Waals surface area contributed by atoms with E-state index in [0.717, 1.165) is 10.6 Å². The van der Waals surface area contributed by atoms with Crippen molar-refractivity contribution in [3.05, 3.63) is 71.2 Å². The Kier molecular flexibility index (Phi) is 18.4. The second-order valence-electron chi connectivity index (χ2n) is 15.8. The van der Waals surface area contributed by atoms with Crippen LogP contribution in [0.15, 0.2) is 60.1 Å². The highest BCUT2D eigenvalue weighted by Crippen LogP contribution is 2.66. The number of carbonyl (C=O) groups excluding carboxylic acids is 2. The molecule has 46 heteroatoms. The number of hydrogen-bond acceptors (Lipinski definition) is 4. The summed E-state index contributed by atoms with van der Waals surface area (Å²) in [4.78, 5) is 23.7. The molecule has 0 atom stereocenters.